The van der Waals surface area contributed by atoms with Crippen LogP contribution in [0.2, 0.25) is 0 Å². The average Bonchev–Trinajstić information content (AvgIpc) is 3.03. The van der Waals surface area contributed by atoms with Crippen LogP contribution in [0, 0.1) is 0 Å². The molecule has 0 saturated heterocycles. The van der Waals surface area contributed by atoms with Crippen LogP contribution in [0.4, 0.5) is 0 Å². The highest BCUT2D eigenvalue weighted by molar-refractivity contribution is 7.81. The van der Waals surface area contributed by atoms with Crippen LogP contribution in [0.1, 0.15) is 38.3 Å². The van der Waals surface area contributed by atoms with Crippen molar-refractivity contribution in [2.45, 2.75) is 6.42 Å². The molecule has 2 aliphatic rings. The van der Waals surface area contributed by atoms with Crippen molar-refractivity contribution in [3.8, 4) is 0 Å². The number of carbonyl (C=O) groups excluding carboxylic acids is 2. The van der Waals surface area contributed by atoms with E-state index in [-0.39, 0.29) is 11.8 Å². The fourth-order valence-electron chi connectivity index (χ4n) is 3.27. The van der Waals surface area contributed by atoms with Gasteiger partial charge in [-0.1, -0.05) is 60.8 Å². The Labute approximate surface area is 156 Å². The highest BCUT2D eigenvalue weighted by Gasteiger charge is 2.34. The van der Waals surface area contributed by atoms with Crippen molar-refractivity contribution in [1.82, 2.24) is 9.80 Å². The number of thiocarbonyl (C=S) groups is 2. The van der Waals surface area contributed by atoms with Gasteiger partial charge in [0.25, 0.3) is 11.8 Å². The SMILES string of the molecule is O=C1c2ccccc2C(=S)N1CCCN1C(=O)c2ccccc2C1=S. The van der Waals surface area contributed by atoms with Crippen LogP contribution in [0.3, 0.4) is 0 Å². The largest absolute Gasteiger partial charge is 0.298 e. The first-order valence-corrected chi connectivity index (χ1v) is 8.81. The molecule has 4 rings (SSSR count). The summed E-state index contributed by atoms with van der Waals surface area (Å²) < 4.78 is 0. The van der Waals surface area contributed by atoms with Crippen molar-refractivity contribution in [1.29, 1.82) is 0 Å². The summed E-state index contributed by atoms with van der Waals surface area (Å²) in [5.74, 6) is -0.140. The van der Waals surface area contributed by atoms with E-state index in [0.717, 1.165) is 11.1 Å². The van der Waals surface area contributed by atoms with Gasteiger partial charge in [0.2, 0.25) is 0 Å². The van der Waals surface area contributed by atoms with Crippen LogP contribution in [0.5, 0.6) is 0 Å². The third kappa shape index (κ3) is 2.49. The first-order valence-electron chi connectivity index (χ1n) is 8.00. The number of nitrogens with zero attached hydrogens (tertiary/aromatic N) is 2. The van der Waals surface area contributed by atoms with Crippen molar-refractivity contribution in [2.24, 2.45) is 0 Å². The molecule has 0 saturated carbocycles. The number of amides is 2. The molecule has 0 aliphatic carbocycles. The van der Waals surface area contributed by atoms with E-state index in [0.29, 0.717) is 40.6 Å². The number of hydrogen-bond acceptors (Lipinski definition) is 4. The highest BCUT2D eigenvalue weighted by Crippen LogP contribution is 2.25. The molecule has 25 heavy (non-hydrogen) atoms. The molecule has 0 unspecified atom stereocenters. The van der Waals surface area contributed by atoms with Gasteiger partial charge in [0, 0.05) is 24.2 Å². The van der Waals surface area contributed by atoms with Gasteiger partial charge in [-0.2, -0.15) is 0 Å². The molecule has 0 bridgehead atoms. The Bertz CT molecular complexity index is 793. The minimum atomic E-state index is -0.0702. The van der Waals surface area contributed by atoms with Crippen molar-refractivity contribution >= 4 is 46.2 Å². The zero-order valence-corrected chi connectivity index (χ0v) is 14.9. The Morgan fingerprint density at radius 3 is 1.36 bits per heavy atom. The lowest BCUT2D eigenvalue weighted by Gasteiger charge is -2.20. The van der Waals surface area contributed by atoms with Crippen molar-refractivity contribution in [3.63, 3.8) is 0 Å². The number of rotatable bonds is 4. The van der Waals surface area contributed by atoms with E-state index >= 15 is 0 Å². The summed E-state index contributed by atoms with van der Waals surface area (Å²) in [6, 6.07) is 14.7. The second-order valence-corrected chi connectivity index (χ2v) is 6.74. The van der Waals surface area contributed by atoms with Gasteiger partial charge in [-0.25, -0.2) is 0 Å². The van der Waals surface area contributed by atoms with Crippen molar-refractivity contribution < 1.29 is 9.59 Å². The van der Waals surface area contributed by atoms with Crippen LogP contribution in [-0.4, -0.2) is 44.7 Å². The molecular formula is C19H14N2O2S2. The molecule has 2 heterocycles. The third-order valence-corrected chi connectivity index (χ3v) is 5.40. The first kappa shape index (κ1) is 16.1. The highest BCUT2D eigenvalue weighted by atomic mass is 32.1. The lowest BCUT2D eigenvalue weighted by atomic mass is 10.1. The number of carbonyl (C=O) groups is 2. The maximum Gasteiger partial charge on any atom is 0.259 e. The fourth-order valence-corrected chi connectivity index (χ4v) is 3.98. The maximum absolute atomic E-state index is 12.5. The summed E-state index contributed by atoms with van der Waals surface area (Å²) in [6.07, 6.45) is 0.611. The minimum absolute atomic E-state index is 0.0702. The predicted molar refractivity (Wildman–Crippen MR) is 103 cm³/mol. The molecule has 0 spiro atoms. The van der Waals surface area contributed by atoms with E-state index in [1.165, 1.54) is 0 Å². The Kier molecular flexibility index (Phi) is 3.94. The third-order valence-electron chi connectivity index (χ3n) is 4.52. The number of fused-ring (bicyclic) bond motifs is 2. The summed E-state index contributed by atoms with van der Waals surface area (Å²) in [7, 11) is 0. The number of benzene rings is 2. The molecule has 2 aliphatic heterocycles. The smallest absolute Gasteiger partial charge is 0.259 e. The van der Waals surface area contributed by atoms with Crippen molar-refractivity contribution in [3.05, 3.63) is 70.8 Å². The fraction of sp³-hybridized carbons (Fsp3) is 0.158. The van der Waals surface area contributed by atoms with Gasteiger partial charge >= 0.3 is 0 Å². The van der Waals surface area contributed by atoms with Gasteiger partial charge in [-0.15, -0.1) is 0 Å². The maximum atomic E-state index is 12.5. The molecule has 2 aromatic carbocycles. The Morgan fingerprint density at radius 2 is 1.00 bits per heavy atom. The molecule has 6 heteroatoms. The summed E-state index contributed by atoms with van der Waals surface area (Å²) in [4.78, 5) is 29.3. The average molecular weight is 366 g/mol. The summed E-state index contributed by atoms with van der Waals surface area (Å²) in [6.45, 7) is 0.935. The van der Waals surface area contributed by atoms with Gasteiger partial charge in [0.15, 0.2) is 0 Å². The molecule has 2 amide bonds. The normalized spacial score (nSPS) is 15.8. The Hall–Kier alpha value is -2.44. The Balaban J connectivity index is 1.43. The lowest BCUT2D eigenvalue weighted by Crippen LogP contribution is -2.35. The molecule has 0 fully saturated rings. The summed E-state index contributed by atoms with van der Waals surface area (Å²) in [5, 5.41) is 0. The van der Waals surface area contributed by atoms with Gasteiger partial charge in [-0.05, 0) is 18.6 Å². The number of hydrogen-bond donors (Lipinski definition) is 0. The van der Waals surface area contributed by atoms with Crippen LogP contribution in [0.15, 0.2) is 48.5 Å². The topological polar surface area (TPSA) is 40.6 Å². The van der Waals surface area contributed by atoms with E-state index in [1.807, 2.05) is 36.4 Å². The summed E-state index contributed by atoms with van der Waals surface area (Å²) >= 11 is 10.8. The molecule has 124 valence electrons. The molecule has 2 aromatic rings. The molecule has 0 aromatic heterocycles. The van der Waals surface area contributed by atoms with Crippen LogP contribution in [0.25, 0.3) is 0 Å². The van der Waals surface area contributed by atoms with E-state index in [2.05, 4.69) is 0 Å². The standard InChI is InChI=1S/C19H14N2O2S2/c22-16-12-6-1-3-8-14(12)18(24)20(16)10-5-11-21-17(23)13-7-2-4-9-15(13)19(21)25/h1-4,6-9H,5,10-11H2. The zero-order valence-electron chi connectivity index (χ0n) is 13.3. The van der Waals surface area contributed by atoms with Gasteiger partial charge in [0.05, 0.1) is 11.1 Å². The second-order valence-electron chi connectivity index (χ2n) is 5.97. The van der Waals surface area contributed by atoms with Gasteiger partial charge < -0.3 is 0 Å². The molecule has 0 N–H and O–H groups in total. The van der Waals surface area contributed by atoms with E-state index in [1.54, 1.807) is 21.9 Å². The van der Waals surface area contributed by atoms with Crippen LogP contribution < -0.4 is 0 Å². The van der Waals surface area contributed by atoms with E-state index in [4.69, 9.17) is 24.4 Å². The molecule has 0 atom stereocenters. The first-order chi connectivity index (χ1) is 12.1. The summed E-state index contributed by atoms with van der Waals surface area (Å²) in [5.41, 5.74) is 2.91. The molecule has 4 nitrogen and oxygen atoms in total. The quantitative estimate of drug-likeness (QED) is 0.780. The van der Waals surface area contributed by atoms with E-state index in [9.17, 15) is 9.59 Å². The lowest BCUT2D eigenvalue weighted by molar-refractivity contribution is 0.0845. The molecule has 0 radical (unpaired) electrons. The monoisotopic (exact) mass is 366 g/mol. The molecular weight excluding hydrogens is 352 g/mol. The van der Waals surface area contributed by atoms with Gasteiger partial charge in [-0.3, -0.25) is 19.4 Å². The van der Waals surface area contributed by atoms with Crippen molar-refractivity contribution in [2.75, 3.05) is 13.1 Å². The second kappa shape index (κ2) is 6.13. The van der Waals surface area contributed by atoms with Gasteiger partial charge in [0.1, 0.15) is 9.98 Å². The minimum Gasteiger partial charge on any atom is -0.298 e. The zero-order chi connectivity index (χ0) is 17.6. The van der Waals surface area contributed by atoms with E-state index < -0.39 is 0 Å². The van der Waals surface area contributed by atoms with Crippen LogP contribution in [-0.2, 0) is 0 Å². The Morgan fingerprint density at radius 1 is 0.640 bits per heavy atom. The predicted octanol–water partition coefficient (Wildman–Crippen LogP) is 3.04. The van der Waals surface area contributed by atoms with Crippen LogP contribution >= 0.6 is 24.4 Å².